The summed E-state index contributed by atoms with van der Waals surface area (Å²) in [6.07, 6.45) is 10.8. The lowest BCUT2D eigenvalue weighted by Gasteiger charge is -2.27. The van der Waals surface area contributed by atoms with E-state index in [2.05, 4.69) is 15.4 Å². The topological polar surface area (TPSA) is 95.1 Å². The first-order valence-corrected chi connectivity index (χ1v) is 11.3. The van der Waals surface area contributed by atoms with Gasteiger partial charge < -0.3 is 15.8 Å². The molecule has 1 aliphatic carbocycles. The largest absolute Gasteiger partial charge is 0.491 e. The van der Waals surface area contributed by atoms with E-state index in [9.17, 15) is 4.79 Å². The zero-order chi connectivity index (χ0) is 22.5. The van der Waals surface area contributed by atoms with Crippen molar-refractivity contribution >= 4 is 23.2 Å². The second kappa shape index (κ2) is 10.1. The highest BCUT2D eigenvalue weighted by molar-refractivity contribution is 6.33. The van der Waals surface area contributed by atoms with Gasteiger partial charge in [0.25, 0.3) is 5.91 Å². The molecule has 0 radical (unpaired) electrons. The Hall–Kier alpha value is -2.90. The number of hydrogen-bond acceptors (Lipinski definition) is 5. The number of aryl methyl sites for hydroxylation is 1. The van der Waals surface area contributed by atoms with Crippen LogP contribution in [0.15, 0.2) is 48.9 Å². The van der Waals surface area contributed by atoms with Crippen molar-refractivity contribution in [2.75, 3.05) is 11.9 Å². The van der Waals surface area contributed by atoms with Gasteiger partial charge in [-0.25, -0.2) is 0 Å². The number of nitrogens with one attached hydrogen (secondary N) is 1. The maximum absolute atomic E-state index is 12.6. The molecule has 8 heteroatoms. The molecule has 0 spiro atoms. The predicted octanol–water partition coefficient (Wildman–Crippen LogP) is 4.67. The Balaban J connectivity index is 1.57. The van der Waals surface area contributed by atoms with Crippen LogP contribution >= 0.6 is 11.6 Å². The average molecular weight is 454 g/mol. The van der Waals surface area contributed by atoms with Crippen molar-refractivity contribution in [1.29, 1.82) is 0 Å². The molecule has 3 aromatic rings. The number of halogens is 1. The first-order chi connectivity index (χ1) is 15.5. The Morgan fingerprint density at radius 1 is 1.28 bits per heavy atom. The minimum Gasteiger partial charge on any atom is -0.491 e. The van der Waals surface area contributed by atoms with E-state index in [1.807, 2.05) is 25.2 Å². The number of amides is 1. The average Bonchev–Trinajstić information content (AvgIpc) is 3.16. The van der Waals surface area contributed by atoms with Crippen LogP contribution in [0.1, 0.15) is 42.5 Å². The predicted molar refractivity (Wildman–Crippen MR) is 126 cm³/mol. The van der Waals surface area contributed by atoms with Crippen molar-refractivity contribution in [3.8, 4) is 17.0 Å². The van der Waals surface area contributed by atoms with Gasteiger partial charge in [0.1, 0.15) is 12.4 Å². The van der Waals surface area contributed by atoms with E-state index in [4.69, 9.17) is 22.1 Å². The molecule has 1 fully saturated rings. The van der Waals surface area contributed by atoms with Crippen LogP contribution in [0.2, 0.25) is 5.02 Å². The summed E-state index contributed by atoms with van der Waals surface area (Å²) >= 11 is 6.43. The minimum atomic E-state index is -0.242. The molecule has 32 heavy (non-hydrogen) atoms. The van der Waals surface area contributed by atoms with Crippen molar-refractivity contribution in [2.45, 2.75) is 38.1 Å². The monoisotopic (exact) mass is 453 g/mol. The number of aromatic nitrogens is 3. The molecule has 0 aliphatic heterocycles. The van der Waals surface area contributed by atoms with Crippen LogP contribution in [0, 0.1) is 5.92 Å². The van der Waals surface area contributed by atoms with E-state index in [1.54, 1.807) is 29.2 Å². The van der Waals surface area contributed by atoms with E-state index in [0.717, 1.165) is 18.4 Å². The van der Waals surface area contributed by atoms with Crippen LogP contribution < -0.4 is 15.8 Å². The summed E-state index contributed by atoms with van der Waals surface area (Å²) in [7, 11) is 1.82. The van der Waals surface area contributed by atoms with Crippen molar-refractivity contribution in [1.82, 2.24) is 14.8 Å². The number of ether oxygens (including phenoxy) is 1. The zero-order valence-corrected chi connectivity index (χ0v) is 18.9. The van der Waals surface area contributed by atoms with Crippen LogP contribution in [-0.2, 0) is 7.05 Å². The molecule has 1 atom stereocenters. The Morgan fingerprint density at radius 3 is 2.78 bits per heavy atom. The summed E-state index contributed by atoms with van der Waals surface area (Å²) in [6.45, 7) is 0.425. The van der Waals surface area contributed by atoms with Crippen molar-refractivity contribution in [2.24, 2.45) is 18.7 Å². The van der Waals surface area contributed by atoms with Gasteiger partial charge in [-0.15, -0.1) is 0 Å². The van der Waals surface area contributed by atoms with Crippen LogP contribution in [0.3, 0.4) is 0 Å². The summed E-state index contributed by atoms with van der Waals surface area (Å²) in [6, 6.07) is 8.91. The summed E-state index contributed by atoms with van der Waals surface area (Å²) < 4.78 is 7.88. The standard InChI is InChI=1S/C24H28ClN5O2/c1-30-23(20(25)14-28-30)19-12-18(29-24(31)17-8-5-11-27-13-17)9-10-22(19)32-15-21(26)16-6-3-2-4-7-16/h5,8-14,16,21H,2-4,6-7,15,26H2,1H3,(H,29,31)/t21-/m1/s1. The van der Waals surface area contributed by atoms with Gasteiger partial charge in [0.15, 0.2) is 0 Å². The van der Waals surface area contributed by atoms with E-state index in [1.165, 1.54) is 25.5 Å². The summed E-state index contributed by atoms with van der Waals surface area (Å²) in [5.41, 5.74) is 9.01. The number of anilines is 1. The van der Waals surface area contributed by atoms with Gasteiger partial charge >= 0.3 is 0 Å². The fraction of sp³-hybridized carbons (Fsp3) is 0.375. The molecule has 7 nitrogen and oxygen atoms in total. The molecule has 1 aliphatic rings. The molecule has 1 aromatic carbocycles. The second-order valence-corrected chi connectivity index (χ2v) is 8.65. The molecule has 2 aromatic heterocycles. The highest BCUT2D eigenvalue weighted by atomic mass is 35.5. The van der Waals surface area contributed by atoms with Crippen molar-refractivity contribution < 1.29 is 9.53 Å². The van der Waals surface area contributed by atoms with Gasteiger partial charge in [-0.2, -0.15) is 5.10 Å². The van der Waals surface area contributed by atoms with Crippen molar-refractivity contribution in [3.63, 3.8) is 0 Å². The molecule has 1 saturated carbocycles. The Kier molecular flexibility index (Phi) is 7.07. The molecular weight excluding hydrogens is 426 g/mol. The lowest BCUT2D eigenvalue weighted by Crippen LogP contribution is -2.37. The molecule has 168 valence electrons. The third-order valence-electron chi connectivity index (χ3n) is 6.00. The van der Waals surface area contributed by atoms with Crippen LogP contribution in [0.25, 0.3) is 11.3 Å². The first kappa shape index (κ1) is 22.3. The normalized spacial score (nSPS) is 15.3. The third kappa shape index (κ3) is 5.11. The molecule has 4 rings (SSSR count). The lowest BCUT2D eigenvalue weighted by molar-refractivity contribution is 0.102. The van der Waals surface area contributed by atoms with Crippen molar-refractivity contribution in [3.05, 3.63) is 59.5 Å². The summed E-state index contributed by atoms with van der Waals surface area (Å²) in [5.74, 6) is 0.903. The van der Waals surface area contributed by atoms with E-state index >= 15 is 0 Å². The quantitative estimate of drug-likeness (QED) is 0.541. The Bertz CT molecular complexity index is 1040. The van der Waals surface area contributed by atoms with E-state index in [-0.39, 0.29) is 11.9 Å². The van der Waals surface area contributed by atoms with Crippen LogP contribution in [0.4, 0.5) is 5.69 Å². The third-order valence-corrected chi connectivity index (χ3v) is 6.27. The Labute approximate surface area is 192 Å². The summed E-state index contributed by atoms with van der Waals surface area (Å²) in [5, 5.41) is 7.67. The van der Waals surface area contributed by atoms with Gasteiger partial charge in [0.05, 0.1) is 22.5 Å². The number of rotatable bonds is 7. The van der Waals surface area contributed by atoms with Gasteiger partial charge in [0, 0.05) is 36.7 Å². The molecular formula is C24H28ClN5O2. The zero-order valence-electron chi connectivity index (χ0n) is 18.1. The Morgan fingerprint density at radius 2 is 2.09 bits per heavy atom. The number of pyridine rings is 1. The maximum Gasteiger partial charge on any atom is 0.257 e. The lowest BCUT2D eigenvalue weighted by atomic mass is 9.84. The fourth-order valence-corrected chi connectivity index (χ4v) is 4.48. The highest BCUT2D eigenvalue weighted by Crippen LogP contribution is 2.37. The van der Waals surface area contributed by atoms with Gasteiger partial charge in [-0.3, -0.25) is 14.5 Å². The van der Waals surface area contributed by atoms with E-state index < -0.39 is 0 Å². The summed E-state index contributed by atoms with van der Waals surface area (Å²) in [4.78, 5) is 16.6. The first-order valence-electron chi connectivity index (χ1n) is 10.9. The van der Waals surface area contributed by atoms with Crippen LogP contribution in [-0.4, -0.2) is 33.3 Å². The molecule has 2 heterocycles. The SMILES string of the molecule is Cn1ncc(Cl)c1-c1cc(NC(=O)c2cccnc2)ccc1OC[C@@H](N)C1CCCCC1. The van der Waals surface area contributed by atoms with Gasteiger partial charge in [-0.05, 0) is 49.1 Å². The number of benzene rings is 1. The fourth-order valence-electron chi connectivity index (χ4n) is 4.22. The number of nitrogens with zero attached hydrogens (tertiary/aromatic N) is 3. The molecule has 0 bridgehead atoms. The second-order valence-electron chi connectivity index (χ2n) is 8.24. The van der Waals surface area contributed by atoms with Crippen LogP contribution in [0.5, 0.6) is 5.75 Å². The molecule has 3 N–H and O–H groups in total. The highest BCUT2D eigenvalue weighted by Gasteiger charge is 2.22. The van der Waals surface area contributed by atoms with E-state index in [0.29, 0.717) is 40.2 Å². The maximum atomic E-state index is 12.6. The number of carbonyl (C=O) groups is 1. The minimum absolute atomic E-state index is 0.0184. The molecule has 0 unspecified atom stereocenters. The molecule has 1 amide bonds. The molecule has 0 saturated heterocycles. The van der Waals surface area contributed by atoms with Gasteiger partial charge in [0.2, 0.25) is 0 Å². The smallest absolute Gasteiger partial charge is 0.257 e. The number of nitrogens with two attached hydrogens (primary N) is 1. The number of carbonyl (C=O) groups excluding carboxylic acids is 1. The van der Waals surface area contributed by atoms with Gasteiger partial charge in [-0.1, -0.05) is 30.9 Å². The number of hydrogen-bond donors (Lipinski definition) is 2.